The van der Waals surface area contributed by atoms with Crippen molar-refractivity contribution in [2.24, 2.45) is 0 Å². The van der Waals surface area contributed by atoms with Crippen LogP contribution in [0.5, 0.6) is 0 Å². The molecule has 0 radical (unpaired) electrons. The number of hydrogen-bond acceptors (Lipinski definition) is 1. The molecule has 0 spiro atoms. The fourth-order valence-electron chi connectivity index (χ4n) is 1.09. The van der Waals surface area contributed by atoms with Gasteiger partial charge in [-0.1, -0.05) is 12.2 Å². The summed E-state index contributed by atoms with van der Waals surface area (Å²) < 4.78 is 5.69. The van der Waals surface area contributed by atoms with Crippen molar-refractivity contribution in [3.63, 3.8) is 0 Å². The Bertz CT molecular complexity index is 101. The highest BCUT2D eigenvalue weighted by Gasteiger charge is 2.11. The lowest BCUT2D eigenvalue weighted by Crippen LogP contribution is -2.17. The van der Waals surface area contributed by atoms with E-state index in [-0.39, 0.29) is 0 Å². The van der Waals surface area contributed by atoms with Crippen LogP contribution in [0.3, 0.4) is 0 Å². The molecule has 0 bridgehead atoms. The van der Waals surface area contributed by atoms with Gasteiger partial charge in [-0.15, -0.1) is 0 Å². The van der Waals surface area contributed by atoms with E-state index in [9.17, 15) is 0 Å². The van der Waals surface area contributed by atoms with E-state index in [2.05, 4.69) is 25.2 Å². The summed E-state index contributed by atoms with van der Waals surface area (Å²) in [6.07, 6.45) is 7.25. The van der Waals surface area contributed by atoms with Crippen molar-refractivity contribution in [3.8, 4) is 0 Å². The van der Waals surface area contributed by atoms with Crippen LogP contribution in [-0.2, 0) is 4.43 Å². The maximum Gasteiger partial charge on any atom is 0.171 e. The van der Waals surface area contributed by atoms with Crippen LogP contribution in [0.4, 0.5) is 0 Å². The van der Waals surface area contributed by atoms with Crippen molar-refractivity contribution in [2.45, 2.75) is 32.0 Å². The van der Waals surface area contributed by atoms with Crippen LogP contribution in [0, 0.1) is 0 Å². The average molecular weight is 142 g/mol. The second kappa shape index (κ2) is 3.18. The largest absolute Gasteiger partial charge is 0.417 e. The van der Waals surface area contributed by atoms with Crippen molar-refractivity contribution < 1.29 is 4.43 Å². The van der Waals surface area contributed by atoms with Crippen LogP contribution >= 0.6 is 0 Å². The van der Waals surface area contributed by atoms with Crippen LogP contribution in [0.15, 0.2) is 12.2 Å². The zero-order valence-corrected chi connectivity index (χ0v) is 7.29. The van der Waals surface area contributed by atoms with Gasteiger partial charge in [-0.25, -0.2) is 0 Å². The van der Waals surface area contributed by atoms with Gasteiger partial charge in [-0.05, 0) is 25.9 Å². The minimum absolute atomic E-state index is 0.539. The lowest BCUT2D eigenvalue weighted by Gasteiger charge is -2.13. The third-order valence-corrected chi connectivity index (χ3v) is 2.36. The monoisotopic (exact) mass is 142 g/mol. The number of hydrogen-bond donors (Lipinski definition) is 0. The van der Waals surface area contributed by atoms with E-state index in [4.69, 9.17) is 4.43 Å². The molecule has 0 aromatic heterocycles. The van der Waals surface area contributed by atoms with Gasteiger partial charge in [0.15, 0.2) is 9.04 Å². The molecule has 0 atom stereocenters. The van der Waals surface area contributed by atoms with Crippen LogP contribution in [-0.4, -0.2) is 15.1 Å². The molecule has 52 valence electrons. The maximum atomic E-state index is 5.69. The SMILES string of the molecule is C[SiH](C)OC1CC=CC1. The van der Waals surface area contributed by atoms with Crippen molar-refractivity contribution in [2.75, 3.05) is 0 Å². The highest BCUT2D eigenvalue weighted by atomic mass is 28.3. The number of rotatable bonds is 2. The van der Waals surface area contributed by atoms with Gasteiger partial charge in [-0.3, -0.25) is 0 Å². The van der Waals surface area contributed by atoms with E-state index >= 15 is 0 Å². The molecule has 0 saturated heterocycles. The summed E-state index contributed by atoms with van der Waals surface area (Å²) >= 11 is 0. The summed E-state index contributed by atoms with van der Waals surface area (Å²) in [6, 6.07) is 0. The predicted octanol–water partition coefficient (Wildman–Crippen LogP) is 1.70. The van der Waals surface area contributed by atoms with Gasteiger partial charge in [0.05, 0.1) is 6.10 Å². The highest BCUT2D eigenvalue weighted by Crippen LogP contribution is 2.13. The molecule has 0 N–H and O–H groups in total. The van der Waals surface area contributed by atoms with Crippen molar-refractivity contribution in [3.05, 3.63) is 12.2 Å². The predicted molar refractivity (Wildman–Crippen MR) is 42.1 cm³/mol. The van der Waals surface area contributed by atoms with E-state index in [1.165, 1.54) is 0 Å². The summed E-state index contributed by atoms with van der Waals surface area (Å²) in [5, 5.41) is 0. The zero-order chi connectivity index (χ0) is 6.69. The maximum absolute atomic E-state index is 5.69. The second-order valence-corrected chi connectivity index (χ2v) is 5.12. The third kappa shape index (κ3) is 2.33. The van der Waals surface area contributed by atoms with Gasteiger partial charge in [0.2, 0.25) is 0 Å². The molecule has 0 aromatic carbocycles. The van der Waals surface area contributed by atoms with Gasteiger partial charge in [0.1, 0.15) is 0 Å². The first kappa shape index (κ1) is 7.03. The lowest BCUT2D eigenvalue weighted by molar-refractivity contribution is 0.220. The molecular formula is C7H14OSi. The van der Waals surface area contributed by atoms with Crippen molar-refractivity contribution in [1.82, 2.24) is 0 Å². The smallest absolute Gasteiger partial charge is 0.171 e. The molecule has 0 saturated carbocycles. The fourth-order valence-corrected chi connectivity index (χ4v) is 2.08. The standard InChI is InChI=1S/C7H14OSi/c1-9(2)8-7-5-3-4-6-7/h3-4,7,9H,5-6H2,1-2H3. The van der Waals surface area contributed by atoms with Crippen LogP contribution in [0.1, 0.15) is 12.8 Å². The summed E-state index contributed by atoms with van der Waals surface area (Å²) in [4.78, 5) is 0. The minimum Gasteiger partial charge on any atom is -0.417 e. The molecule has 1 aliphatic carbocycles. The van der Waals surface area contributed by atoms with E-state index in [0.717, 1.165) is 12.8 Å². The fraction of sp³-hybridized carbons (Fsp3) is 0.714. The summed E-state index contributed by atoms with van der Waals surface area (Å²) in [5.74, 6) is 0. The van der Waals surface area contributed by atoms with E-state index in [0.29, 0.717) is 6.10 Å². The topological polar surface area (TPSA) is 9.23 Å². The van der Waals surface area contributed by atoms with Crippen LogP contribution in [0.25, 0.3) is 0 Å². The normalized spacial score (nSPS) is 19.9. The first-order valence-electron chi connectivity index (χ1n) is 3.59. The van der Waals surface area contributed by atoms with E-state index in [1.54, 1.807) is 0 Å². The van der Waals surface area contributed by atoms with Gasteiger partial charge >= 0.3 is 0 Å². The molecule has 9 heavy (non-hydrogen) atoms. The molecule has 1 aliphatic rings. The average Bonchev–Trinajstić information content (AvgIpc) is 2.15. The van der Waals surface area contributed by atoms with Crippen molar-refractivity contribution >= 4 is 9.04 Å². The Labute approximate surface area is 58.4 Å². The second-order valence-electron chi connectivity index (χ2n) is 2.75. The zero-order valence-electron chi connectivity index (χ0n) is 6.13. The van der Waals surface area contributed by atoms with Crippen LogP contribution in [0.2, 0.25) is 13.1 Å². The summed E-state index contributed by atoms with van der Waals surface area (Å²) in [5.41, 5.74) is 0. The van der Waals surface area contributed by atoms with Crippen molar-refractivity contribution in [1.29, 1.82) is 0 Å². The molecule has 2 heteroatoms. The molecular weight excluding hydrogens is 128 g/mol. The molecule has 0 aliphatic heterocycles. The first-order valence-corrected chi connectivity index (χ1v) is 6.37. The highest BCUT2D eigenvalue weighted by molar-refractivity contribution is 6.48. The summed E-state index contributed by atoms with van der Waals surface area (Å²) in [6.45, 7) is 4.44. The van der Waals surface area contributed by atoms with Gasteiger partial charge in [-0.2, -0.15) is 0 Å². The molecule has 0 aromatic rings. The Balaban J connectivity index is 2.14. The molecule has 0 heterocycles. The first-order chi connectivity index (χ1) is 4.29. The Hall–Kier alpha value is -0.0831. The van der Waals surface area contributed by atoms with E-state index in [1.807, 2.05) is 0 Å². The Morgan fingerprint density at radius 3 is 2.33 bits per heavy atom. The Morgan fingerprint density at radius 2 is 1.89 bits per heavy atom. The van der Waals surface area contributed by atoms with Crippen LogP contribution < -0.4 is 0 Å². The minimum atomic E-state index is -0.764. The van der Waals surface area contributed by atoms with Gasteiger partial charge < -0.3 is 4.43 Å². The Kier molecular flexibility index (Phi) is 2.48. The molecule has 0 amide bonds. The third-order valence-electron chi connectivity index (χ3n) is 1.43. The molecule has 1 nitrogen and oxygen atoms in total. The quantitative estimate of drug-likeness (QED) is 0.421. The molecule has 0 fully saturated rings. The molecule has 1 rings (SSSR count). The van der Waals surface area contributed by atoms with Gasteiger partial charge in [0.25, 0.3) is 0 Å². The van der Waals surface area contributed by atoms with Gasteiger partial charge in [0, 0.05) is 0 Å². The lowest BCUT2D eigenvalue weighted by atomic mass is 10.3. The summed E-state index contributed by atoms with van der Waals surface area (Å²) in [7, 11) is -0.764. The van der Waals surface area contributed by atoms with E-state index < -0.39 is 9.04 Å². The Morgan fingerprint density at radius 1 is 1.33 bits per heavy atom. The molecule has 0 unspecified atom stereocenters.